The third kappa shape index (κ3) is 5.36. The summed E-state index contributed by atoms with van der Waals surface area (Å²) in [5.41, 5.74) is 4.87. The first kappa shape index (κ1) is 16.2. The van der Waals surface area contributed by atoms with Crippen molar-refractivity contribution in [2.75, 3.05) is 26.2 Å². The summed E-state index contributed by atoms with van der Waals surface area (Å²) < 4.78 is 36.7. The molecule has 0 aromatic carbocycles. The lowest BCUT2D eigenvalue weighted by Crippen LogP contribution is -2.52. The van der Waals surface area contributed by atoms with Gasteiger partial charge in [0, 0.05) is 13.1 Å². The number of amides is 1. The lowest BCUT2D eigenvalue weighted by Gasteiger charge is -2.23. The van der Waals surface area contributed by atoms with Gasteiger partial charge in [-0.15, -0.1) is 0 Å². The number of hydrogen-bond donors (Lipinski definition) is 2. The first-order valence-corrected chi connectivity index (χ1v) is 6.50. The van der Waals surface area contributed by atoms with Crippen molar-refractivity contribution in [3.63, 3.8) is 0 Å². The monoisotopic (exact) mass is 281 g/mol. The fourth-order valence-corrected chi connectivity index (χ4v) is 2.08. The molecule has 4 nitrogen and oxygen atoms in total. The molecule has 0 saturated carbocycles. The van der Waals surface area contributed by atoms with Gasteiger partial charge in [-0.25, -0.2) is 0 Å². The van der Waals surface area contributed by atoms with Crippen molar-refractivity contribution in [1.82, 2.24) is 10.2 Å². The highest BCUT2D eigenvalue weighted by molar-refractivity contribution is 5.85. The van der Waals surface area contributed by atoms with Gasteiger partial charge in [0.1, 0.15) is 0 Å². The Labute approximate surface area is 111 Å². The van der Waals surface area contributed by atoms with Crippen LogP contribution in [0.3, 0.4) is 0 Å². The maximum Gasteiger partial charge on any atom is 0.401 e. The smallest absolute Gasteiger partial charge is 0.354 e. The number of hydrogen-bond acceptors (Lipinski definition) is 3. The number of nitrogens with one attached hydrogen (secondary N) is 1. The summed E-state index contributed by atoms with van der Waals surface area (Å²) in [7, 11) is 0. The Morgan fingerprint density at radius 1 is 1.47 bits per heavy atom. The summed E-state index contributed by atoms with van der Waals surface area (Å²) in [5.74, 6) is -0.178. The lowest BCUT2D eigenvalue weighted by molar-refractivity contribution is -0.143. The zero-order valence-corrected chi connectivity index (χ0v) is 11.4. The predicted molar refractivity (Wildman–Crippen MR) is 66.5 cm³/mol. The zero-order valence-electron chi connectivity index (χ0n) is 11.4. The van der Waals surface area contributed by atoms with Gasteiger partial charge >= 0.3 is 6.18 Å². The summed E-state index contributed by atoms with van der Waals surface area (Å²) in [6, 6.07) is 0. The topological polar surface area (TPSA) is 58.4 Å². The lowest BCUT2D eigenvalue weighted by atomic mass is 9.99. The fourth-order valence-electron chi connectivity index (χ4n) is 2.08. The van der Waals surface area contributed by atoms with Crippen molar-refractivity contribution in [2.24, 2.45) is 11.7 Å². The first-order valence-electron chi connectivity index (χ1n) is 6.50. The largest absolute Gasteiger partial charge is 0.401 e. The van der Waals surface area contributed by atoms with Gasteiger partial charge in [0.25, 0.3) is 0 Å². The summed E-state index contributed by atoms with van der Waals surface area (Å²) in [6.45, 7) is 3.77. The highest BCUT2D eigenvalue weighted by atomic mass is 19.4. The van der Waals surface area contributed by atoms with Crippen molar-refractivity contribution < 1.29 is 18.0 Å². The number of likely N-dealkylation sites (tertiary alicyclic amines) is 1. The Bertz CT molecular complexity index is 318. The van der Waals surface area contributed by atoms with Gasteiger partial charge < -0.3 is 11.1 Å². The summed E-state index contributed by atoms with van der Waals surface area (Å²) >= 11 is 0. The van der Waals surface area contributed by atoms with Crippen molar-refractivity contribution >= 4 is 5.91 Å². The van der Waals surface area contributed by atoms with Gasteiger partial charge in [-0.1, -0.05) is 6.92 Å². The minimum atomic E-state index is -4.16. The molecule has 1 rings (SSSR count). The molecular formula is C12H22F3N3O. The van der Waals surface area contributed by atoms with Crippen LogP contribution < -0.4 is 11.1 Å². The quantitative estimate of drug-likeness (QED) is 0.794. The number of alkyl halides is 3. The van der Waals surface area contributed by atoms with Crippen LogP contribution in [0.5, 0.6) is 0 Å². The second-order valence-corrected chi connectivity index (χ2v) is 5.49. The molecular weight excluding hydrogens is 259 g/mol. The molecule has 1 fully saturated rings. The molecule has 1 aliphatic heterocycles. The molecule has 19 heavy (non-hydrogen) atoms. The second-order valence-electron chi connectivity index (χ2n) is 5.49. The number of nitrogens with zero attached hydrogens (tertiary/aromatic N) is 1. The van der Waals surface area contributed by atoms with E-state index in [0.717, 1.165) is 0 Å². The fraction of sp³-hybridized carbons (Fsp3) is 0.917. The molecule has 1 aliphatic rings. The molecule has 0 aliphatic carbocycles. The molecule has 0 bridgehead atoms. The van der Waals surface area contributed by atoms with E-state index in [1.165, 1.54) is 4.90 Å². The van der Waals surface area contributed by atoms with E-state index < -0.39 is 18.3 Å². The van der Waals surface area contributed by atoms with E-state index in [2.05, 4.69) is 5.32 Å². The van der Waals surface area contributed by atoms with Crippen LogP contribution in [0, 0.1) is 5.92 Å². The van der Waals surface area contributed by atoms with Crippen molar-refractivity contribution in [2.45, 2.75) is 38.4 Å². The summed E-state index contributed by atoms with van der Waals surface area (Å²) in [6.07, 6.45) is -2.97. The molecule has 0 aromatic rings. The van der Waals surface area contributed by atoms with E-state index >= 15 is 0 Å². The molecule has 0 radical (unpaired) electrons. The van der Waals surface area contributed by atoms with Crippen LogP contribution >= 0.6 is 0 Å². The van der Waals surface area contributed by atoms with Crippen molar-refractivity contribution in [1.29, 1.82) is 0 Å². The van der Waals surface area contributed by atoms with Gasteiger partial charge in [-0.3, -0.25) is 9.69 Å². The molecule has 3 N–H and O–H groups in total. The first-order chi connectivity index (χ1) is 8.64. The van der Waals surface area contributed by atoms with Crippen molar-refractivity contribution in [3.05, 3.63) is 0 Å². The van der Waals surface area contributed by atoms with Crippen molar-refractivity contribution in [3.8, 4) is 0 Å². The molecule has 7 heteroatoms. The zero-order chi connectivity index (χ0) is 14.7. The highest BCUT2D eigenvalue weighted by Gasteiger charge is 2.34. The average molecular weight is 281 g/mol. The summed E-state index contributed by atoms with van der Waals surface area (Å²) in [4.78, 5) is 13.1. The van der Waals surface area contributed by atoms with E-state index in [0.29, 0.717) is 32.5 Å². The SMILES string of the molecule is CCC(C)(N)C(=O)NCC1CCN(CC(F)(F)F)C1. The number of nitrogens with two attached hydrogens (primary N) is 1. The van der Waals surface area contributed by atoms with Crippen LogP contribution in [0.15, 0.2) is 0 Å². The molecule has 112 valence electrons. The third-order valence-electron chi connectivity index (χ3n) is 3.58. The minimum absolute atomic E-state index is 0.0685. The molecule has 0 spiro atoms. The van der Waals surface area contributed by atoms with Gasteiger partial charge in [0.05, 0.1) is 12.1 Å². The normalized spacial score (nSPS) is 24.2. The second kappa shape index (κ2) is 6.09. The predicted octanol–water partition coefficient (Wildman–Crippen LogP) is 1.11. The Morgan fingerprint density at radius 3 is 2.63 bits per heavy atom. The van der Waals surface area contributed by atoms with Crippen LogP contribution in [0.2, 0.25) is 0 Å². The van der Waals surface area contributed by atoms with Crippen LogP contribution in [0.4, 0.5) is 13.2 Å². The molecule has 2 unspecified atom stereocenters. The van der Waals surface area contributed by atoms with E-state index in [-0.39, 0.29) is 11.8 Å². The van der Waals surface area contributed by atoms with Crippen LogP contribution in [0.25, 0.3) is 0 Å². The highest BCUT2D eigenvalue weighted by Crippen LogP contribution is 2.22. The van der Waals surface area contributed by atoms with Crippen LogP contribution in [-0.4, -0.2) is 48.7 Å². The summed E-state index contributed by atoms with van der Waals surface area (Å²) in [5, 5.41) is 2.73. The Hall–Kier alpha value is -0.820. The van der Waals surface area contributed by atoms with Gasteiger partial charge in [-0.2, -0.15) is 13.2 Å². The molecule has 0 aromatic heterocycles. The van der Waals surface area contributed by atoms with E-state index in [1.807, 2.05) is 6.92 Å². The number of carbonyl (C=O) groups excluding carboxylic acids is 1. The number of carbonyl (C=O) groups is 1. The van der Waals surface area contributed by atoms with Gasteiger partial charge in [0.15, 0.2) is 0 Å². The average Bonchev–Trinajstić information content (AvgIpc) is 2.71. The van der Waals surface area contributed by atoms with Gasteiger partial charge in [-0.05, 0) is 32.2 Å². The Morgan fingerprint density at radius 2 is 2.11 bits per heavy atom. The maximum absolute atomic E-state index is 12.2. The third-order valence-corrected chi connectivity index (χ3v) is 3.58. The van der Waals surface area contributed by atoms with Gasteiger partial charge in [0.2, 0.25) is 5.91 Å². The van der Waals surface area contributed by atoms with Crippen LogP contribution in [0.1, 0.15) is 26.7 Å². The van der Waals surface area contributed by atoms with E-state index in [4.69, 9.17) is 5.73 Å². The standard InChI is InChI=1S/C12H22F3N3O/c1-3-11(2,16)10(19)17-6-9-4-5-18(7-9)8-12(13,14)15/h9H,3-8,16H2,1-2H3,(H,17,19). The van der Waals surface area contributed by atoms with E-state index in [9.17, 15) is 18.0 Å². The number of halogens is 3. The molecule has 1 heterocycles. The Kier molecular flexibility index (Phi) is 5.20. The van der Waals surface area contributed by atoms with Crippen LogP contribution in [-0.2, 0) is 4.79 Å². The Balaban J connectivity index is 2.32. The minimum Gasteiger partial charge on any atom is -0.354 e. The molecule has 1 saturated heterocycles. The molecule has 1 amide bonds. The van der Waals surface area contributed by atoms with E-state index in [1.54, 1.807) is 6.92 Å². The number of rotatable bonds is 5. The molecule has 2 atom stereocenters. The maximum atomic E-state index is 12.2.